The van der Waals surface area contributed by atoms with Gasteiger partial charge in [-0.15, -0.1) is 0 Å². The number of aliphatic imine (C=N–C) groups is 1. The summed E-state index contributed by atoms with van der Waals surface area (Å²) in [6.07, 6.45) is 5.63. The minimum Gasteiger partial charge on any atom is -0.493 e. The monoisotopic (exact) mass is 678 g/mol. The van der Waals surface area contributed by atoms with Crippen molar-refractivity contribution in [3.05, 3.63) is 46.7 Å². The summed E-state index contributed by atoms with van der Waals surface area (Å²) in [5.74, 6) is -1.09. The van der Waals surface area contributed by atoms with Crippen LogP contribution in [0.1, 0.15) is 56.6 Å². The molecule has 49 heavy (non-hydrogen) atoms. The SMILES string of the molecule is COc1ccc2c3c1OC1C(OC(=O)N4CCC(C(=O)O)CC4CNC(=O)[C@H](CCCN=C(N)N)CC(C)=O)=CC=C4[C@@H](C2)N(C)CC[C@]431. The summed E-state index contributed by atoms with van der Waals surface area (Å²) in [6.45, 7) is 2.74. The predicted molar refractivity (Wildman–Crippen MR) is 179 cm³/mol. The van der Waals surface area contributed by atoms with Gasteiger partial charge in [-0.1, -0.05) is 12.1 Å². The number of amides is 2. The molecule has 3 heterocycles. The van der Waals surface area contributed by atoms with Crippen LogP contribution in [0.25, 0.3) is 0 Å². The molecule has 6 rings (SSSR count). The second kappa shape index (κ2) is 13.7. The normalized spacial score (nSPS) is 27.0. The van der Waals surface area contributed by atoms with Crippen molar-refractivity contribution in [2.24, 2.45) is 28.3 Å². The van der Waals surface area contributed by atoms with Crippen LogP contribution in [0, 0.1) is 11.8 Å². The zero-order chi connectivity index (χ0) is 35.0. The number of carboxylic acids is 1. The fourth-order valence-corrected chi connectivity index (χ4v) is 8.46. The van der Waals surface area contributed by atoms with Gasteiger partial charge in [0.2, 0.25) is 5.91 Å². The van der Waals surface area contributed by atoms with Gasteiger partial charge in [-0.05, 0) is 82.3 Å². The number of allylic oxidation sites excluding steroid dienone is 2. The Kier molecular flexibility index (Phi) is 9.61. The van der Waals surface area contributed by atoms with Gasteiger partial charge >= 0.3 is 12.1 Å². The van der Waals surface area contributed by atoms with E-state index < -0.39 is 41.5 Å². The van der Waals surface area contributed by atoms with Crippen LogP contribution in [-0.2, 0) is 31.0 Å². The molecule has 0 saturated carbocycles. The molecule has 264 valence electrons. The topological polar surface area (TPSA) is 199 Å². The van der Waals surface area contributed by atoms with Gasteiger partial charge in [0.15, 0.2) is 29.3 Å². The zero-order valence-corrected chi connectivity index (χ0v) is 28.3. The molecule has 2 aliphatic carbocycles. The maximum Gasteiger partial charge on any atom is 0.415 e. The highest BCUT2D eigenvalue weighted by Crippen LogP contribution is 2.62. The number of likely N-dealkylation sites (N-methyl/N-ethyl adjacent to an activating group) is 1. The van der Waals surface area contributed by atoms with Gasteiger partial charge in [0.1, 0.15) is 5.78 Å². The van der Waals surface area contributed by atoms with Gasteiger partial charge in [0, 0.05) is 43.6 Å². The van der Waals surface area contributed by atoms with Crippen molar-refractivity contribution in [1.29, 1.82) is 0 Å². The van der Waals surface area contributed by atoms with Crippen molar-refractivity contribution in [1.82, 2.24) is 15.1 Å². The van der Waals surface area contributed by atoms with E-state index in [9.17, 15) is 24.3 Å². The molecule has 3 unspecified atom stereocenters. The van der Waals surface area contributed by atoms with E-state index in [1.165, 1.54) is 23.0 Å². The molecule has 2 bridgehead atoms. The lowest BCUT2D eigenvalue weighted by atomic mass is 9.57. The Bertz CT molecular complexity index is 1620. The van der Waals surface area contributed by atoms with E-state index in [0.717, 1.165) is 24.9 Å². The van der Waals surface area contributed by atoms with Gasteiger partial charge in [0.05, 0.1) is 24.5 Å². The third-order valence-electron chi connectivity index (χ3n) is 10.8. The quantitative estimate of drug-likeness (QED) is 0.143. The molecular weight excluding hydrogens is 632 g/mol. The maximum atomic E-state index is 14.0. The third-order valence-corrected chi connectivity index (χ3v) is 10.8. The van der Waals surface area contributed by atoms with Crippen LogP contribution in [0.2, 0.25) is 0 Å². The van der Waals surface area contributed by atoms with E-state index in [1.807, 2.05) is 12.1 Å². The van der Waals surface area contributed by atoms with Gasteiger partial charge in [-0.25, -0.2) is 4.79 Å². The number of guanidine groups is 1. The lowest BCUT2D eigenvalue weighted by Crippen LogP contribution is -2.59. The molecule has 0 radical (unpaired) electrons. The van der Waals surface area contributed by atoms with E-state index in [0.29, 0.717) is 36.6 Å². The molecule has 2 fully saturated rings. The molecule has 5 aliphatic rings. The first-order chi connectivity index (χ1) is 23.4. The first-order valence-corrected chi connectivity index (χ1v) is 17.0. The van der Waals surface area contributed by atoms with Crippen molar-refractivity contribution in [3.8, 4) is 11.5 Å². The molecule has 0 aromatic heterocycles. The second-order valence-corrected chi connectivity index (χ2v) is 13.8. The standard InChI is InChI=1S/C35H46N6O8/c1-19(42)15-21(5-4-12-38-33(36)37)31(43)39-18-23-16-22(32(44)45)10-13-41(23)34(46)48-27-9-7-24-25-17-20-6-8-26(47-3)29-28(20)35(24,30(27)49-29)11-14-40(25)2/h6-9,21-23,25,30H,4-5,10-18H2,1-3H3,(H,39,43)(H,44,45)(H4,36,37,38)/t21-,22?,23?,25-,30?,35+/m1/s1. The summed E-state index contributed by atoms with van der Waals surface area (Å²) < 4.78 is 18.6. The van der Waals surface area contributed by atoms with Crippen molar-refractivity contribution in [3.63, 3.8) is 0 Å². The Labute approximate surface area is 285 Å². The number of rotatable bonds is 12. The molecule has 6 N–H and O–H groups in total. The van der Waals surface area contributed by atoms with Crippen molar-refractivity contribution in [2.45, 2.75) is 75.5 Å². The van der Waals surface area contributed by atoms with E-state index >= 15 is 0 Å². The lowest BCUT2D eigenvalue weighted by molar-refractivity contribution is -0.144. The number of carbonyl (C=O) groups excluding carboxylic acids is 3. The van der Waals surface area contributed by atoms with Crippen LogP contribution in [-0.4, -0.2) is 103 Å². The first-order valence-electron chi connectivity index (χ1n) is 17.0. The van der Waals surface area contributed by atoms with Crippen molar-refractivity contribution < 1.29 is 38.5 Å². The first kappa shape index (κ1) is 34.3. The van der Waals surface area contributed by atoms with Gasteiger partial charge in [-0.3, -0.25) is 19.5 Å². The third kappa shape index (κ3) is 6.33. The Balaban J connectivity index is 1.21. The number of methoxy groups -OCH3 is 1. The van der Waals surface area contributed by atoms with Gasteiger partial charge < -0.3 is 45.8 Å². The molecule has 1 aromatic rings. The summed E-state index contributed by atoms with van der Waals surface area (Å²) in [5, 5.41) is 12.7. The Morgan fingerprint density at radius 3 is 2.71 bits per heavy atom. The smallest absolute Gasteiger partial charge is 0.415 e. The highest BCUT2D eigenvalue weighted by molar-refractivity contribution is 5.85. The largest absolute Gasteiger partial charge is 0.493 e. The lowest BCUT2D eigenvalue weighted by Gasteiger charge is -2.52. The zero-order valence-electron chi connectivity index (χ0n) is 28.3. The number of nitrogens with two attached hydrogens (primary N) is 2. The average Bonchev–Trinajstić information content (AvgIpc) is 3.42. The number of nitrogens with one attached hydrogen (secondary N) is 1. The van der Waals surface area contributed by atoms with Crippen LogP contribution >= 0.6 is 0 Å². The fraction of sp³-hybridized carbons (Fsp3) is 0.571. The number of nitrogens with zero attached hydrogens (tertiary/aromatic N) is 3. The number of carbonyl (C=O) groups is 4. The number of Topliss-reactive ketones (excluding diaryl/α,β-unsaturated/α-hetero) is 1. The Morgan fingerprint density at radius 1 is 1.20 bits per heavy atom. The summed E-state index contributed by atoms with van der Waals surface area (Å²) >= 11 is 0. The van der Waals surface area contributed by atoms with Crippen molar-refractivity contribution in [2.75, 3.05) is 40.3 Å². The fourth-order valence-electron chi connectivity index (χ4n) is 8.46. The minimum atomic E-state index is -0.957. The summed E-state index contributed by atoms with van der Waals surface area (Å²) in [6, 6.07) is 3.59. The van der Waals surface area contributed by atoms with E-state index in [4.69, 9.17) is 25.7 Å². The van der Waals surface area contributed by atoms with Crippen molar-refractivity contribution >= 4 is 29.7 Å². The number of ether oxygens (including phenoxy) is 3. The number of carboxylic acid groups (broad SMARTS) is 1. The number of benzene rings is 1. The molecule has 6 atom stereocenters. The maximum absolute atomic E-state index is 14.0. The van der Waals surface area contributed by atoms with E-state index in [-0.39, 0.29) is 56.0 Å². The number of aliphatic carboxylic acids is 1. The predicted octanol–water partition coefficient (Wildman–Crippen LogP) is 1.85. The number of likely N-dealkylation sites (tertiary alicyclic amines) is 2. The van der Waals surface area contributed by atoms with E-state index in [1.54, 1.807) is 7.11 Å². The van der Waals surface area contributed by atoms with Crippen LogP contribution in [0.3, 0.4) is 0 Å². The summed E-state index contributed by atoms with van der Waals surface area (Å²) in [7, 11) is 3.75. The van der Waals surface area contributed by atoms with Crippen LogP contribution in [0.15, 0.2) is 40.6 Å². The average molecular weight is 679 g/mol. The molecular formula is C35H46N6O8. The highest BCUT2D eigenvalue weighted by atomic mass is 16.6. The molecule has 2 saturated heterocycles. The van der Waals surface area contributed by atoms with Gasteiger partial charge in [-0.2, -0.15) is 0 Å². The number of ketones is 1. The Hall–Kier alpha value is -4.59. The summed E-state index contributed by atoms with van der Waals surface area (Å²) in [5.41, 5.74) is 13.9. The number of hydrogen-bond donors (Lipinski definition) is 4. The highest BCUT2D eigenvalue weighted by Gasteiger charge is 2.62. The summed E-state index contributed by atoms with van der Waals surface area (Å²) in [4.78, 5) is 59.0. The van der Waals surface area contributed by atoms with Crippen LogP contribution < -0.4 is 26.3 Å². The van der Waals surface area contributed by atoms with E-state index in [2.05, 4.69) is 34.4 Å². The number of hydrogen-bond acceptors (Lipinski definition) is 9. The van der Waals surface area contributed by atoms with Crippen LogP contribution in [0.4, 0.5) is 4.79 Å². The molecule has 1 spiro atoms. The van der Waals surface area contributed by atoms with Crippen LogP contribution in [0.5, 0.6) is 11.5 Å². The molecule has 14 heteroatoms. The second-order valence-electron chi connectivity index (χ2n) is 13.8. The minimum absolute atomic E-state index is 0.00694. The van der Waals surface area contributed by atoms with Gasteiger partial charge in [0.25, 0.3) is 0 Å². The molecule has 3 aliphatic heterocycles. The Morgan fingerprint density at radius 2 is 2.00 bits per heavy atom. The number of piperidine rings is 2. The molecule has 2 amide bonds. The molecule has 14 nitrogen and oxygen atoms in total. The molecule has 1 aromatic carbocycles.